The highest BCUT2D eigenvalue weighted by Gasteiger charge is 2.64. The van der Waals surface area contributed by atoms with Crippen LogP contribution in [0.5, 0.6) is 0 Å². The Bertz CT molecular complexity index is 2260. The third kappa shape index (κ3) is 7.71. The largest absolute Gasteiger partial charge is 0.480 e. The standard InChI is InChI=1S/C19H17Cl2N3O5S.C15H17N5O6S2/c1-7-10(12(23-29-7)11-8(20)5-4-6-9(11)21)15(25)22-13-16(26)24-14(18(27)28)19(2,3)30-17(13)24;1-25-3-6-4-27-13-9(12(22)20(13)10(6)14(23)24)18-11(21)8(19-26-2)7-5-28-15(16)17-7/h4-6,13-14,17H,1-3H3,(H,22,25)(H,27,28);5,9,13H,3-4H2,1-2H3,(H2,16,17)(H,18,21)(H,23,24)/b;19-8-/t13-,14?,17?;9-,13-/m11/s1. The molecule has 6 N–H and O–H groups in total. The molecule has 7 rings (SSSR count). The fourth-order valence-corrected chi connectivity index (χ4v) is 10.8. The van der Waals surface area contributed by atoms with Crippen LogP contribution < -0.4 is 16.4 Å². The molecule has 308 valence electrons. The lowest BCUT2D eigenvalue weighted by atomic mass is 9.95. The Morgan fingerprint density at radius 1 is 1.09 bits per heavy atom. The molecule has 19 nitrogen and oxygen atoms in total. The van der Waals surface area contributed by atoms with E-state index in [0.717, 1.165) is 11.3 Å². The number of aryl methyl sites for hydroxylation is 1. The number of carboxylic acids is 2. The second kappa shape index (κ2) is 16.8. The minimum absolute atomic E-state index is 0.0980. The number of thioether (sulfide) groups is 2. The molecule has 5 atom stereocenters. The first-order chi connectivity index (χ1) is 27.4. The molecule has 2 unspecified atom stereocenters. The van der Waals surface area contributed by atoms with Crippen molar-refractivity contribution < 1.29 is 53.1 Å². The fraction of sp³-hybridized carbons (Fsp3) is 0.382. The summed E-state index contributed by atoms with van der Waals surface area (Å²) in [5.74, 6) is -3.88. The van der Waals surface area contributed by atoms with E-state index in [1.54, 1.807) is 44.4 Å². The molecule has 0 bridgehead atoms. The second-order valence-electron chi connectivity index (χ2n) is 13.4. The van der Waals surface area contributed by atoms with Gasteiger partial charge in [0.15, 0.2) is 10.8 Å². The van der Waals surface area contributed by atoms with Crippen molar-refractivity contribution in [2.24, 2.45) is 5.16 Å². The number of rotatable bonds is 11. The number of halogens is 2. The molecule has 0 aliphatic carbocycles. The Morgan fingerprint density at radius 2 is 1.76 bits per heavy atom. The lowest BCUT2D eigenvalue weighted by Gasteiger charge is -2.49. The number of nitrogen functional groups attached to an aromatic ring is 1. The number of ether oxygens (including phenoxy) is 1. The number of β-lactam (4-membered cyclic amide) rings is 2. The first-order valence-electron chi connectivity index (χ1n) is 16.9. The zero-order valence-corrected chi connectivity index (χ0v) is 34.9. The number of oxime groups is 1. The summed E-state index contributed by atoms with van der Waals surface area (Å²) in [6.45, 7) is 5.21. The van der Waals surface area contributed by atoms with Crippen LogP contribution in [-0.4, -0.2) is 132 Å². The van der Waals surface area contributed by atoms with Crippen molar-refractivity contribution in [2.75, 3.05) is 32.3 Å². The van der Waals surface area contributed by atoms with Gasteiger partial charge in [0.2, 0.25) is 5.91 Å². The number of fused-ring (bicyclic) bond motifs is 2. The average molecular weight is 898 g/mol. The summed E-state index contributed by atoms with van der Waals surface area (Å²) < 4.78 is 9.53. The van der Waals surface area contributed by atoms with Crippen LogP contribution in [0.2, 0.25) is 10.0 Å². The molecular formula is C34H34Cl2N8O11S3. The maximum Gasteiger partial charge on any atom is 0.352 e. The summed E-state index contributed by atoms with van der Waals surface area (Å²) in [7, 11) is 2.73. The molecule has 58 heavy (non-hydrogen) atoms. The van der Waals surface area contributed by atoms with E-state index in [-0.39, 0.29) is 45.9 Å². The molecule has 1 aromatic carbocycles. The van der Waals surface area contributed by atoms with Crippen LogP contribution in [0.1, 0.15) is 35.7 Å². The minimum atomic E-state index is -1.21. The summed E-state index contributed by atoms with van der Waals surface area (Å²) in [6, 6.07) is 2.20. The number of nitrogens with two attached hydrogens (primary N) is 1. The Balaban J connectivity index is 0.000000196. The summed E-state index contributed by atoms with van der Waals surface area (Å²) >= 11 is 16.3. The van der Waals surface area contributed by atoms with Gasteiger partial charge in [-0.05, 0) is 38.5 Å². The molecule has 0 radical (unpaired) electrons. The van der Waals surface area contributed by atoms with Gasteiger partial charge < -0.3 is 45.6 Å². The first kappa shape index (κ1) is 42.7. The maximum absolute atomic E-state index is 13.1. The smallest absolute Gasteiger partial charge is 0.352 e. The van der Waals surface area contributed by atoms with Crippen molar-refractivity contribution in [3.63, 3.8) is 0 Å². The number of hydrogen-bond acceptors (Lipinski definition) is 16. The van der Waals surface area contributed by atoms with E-state index in [0.29, 0.717) is 26.9 Å². The number of amides is 4. The number of anilines is 1. The van der Waals surface area contributed by atoms with Gasteiger partial charge in [0, 0.05) is 28.6 Å². The van der Waals surface area contributed by atoms with Crippen LogP contribution >= 0.6 is 58.1 Å². The van der Waals surface area contributed by atoms with Crippen LogP contribution in [0.15, 0.2) is 44.5 Å². The van der Waals surface area contributed by atoms with Gasteiger partial charge in [-0.2, -0.15) is 0 Å². The van der Waals surface area contributed by atoms with Gasteiger partial charge in [0.1, 0.15) is 64.4 Å². The number of methoxy groups -OCH3 is 1. The van der Waals surface area contributed by atoms with Crippen LogP contribution in [0.3, 0.4) is 0 Å². The highest BCUT2D eigenvalue weighted by Crippen LogP contribution is 2.51. The molecule has 0 spiro atoms. The molecule has 2 aromatic heterocycles. The third-order valence-electron chi connectivity index (χ3n) is 9.27. The minimum Gasteiger partial charge on any atom is -0.480 e. The van der Waals surface area contributed by atoms with E-state index in [9.17, 15) is 39.0 Å². The monoisotopic (exact) mass is 896 g/mol. The molecule has 4 amide bonds. The zero-order chi connectivity index (χ0) is 42.4. The predicted octanol–water partition coefficient (Wildman–Crippen LogP) is 2.66. The number of aromatic nitrogens is 2. The van der Waals surface area contributed by atoms with Gasteiger partial charge in [0.05, 0.1) is 16.7 Å². The number of benzene rings is 1. The molecule has 3 saturated heterocycles. The van der Waals surface area contributed by atoms with E-state index in [1.807, 2.05) is 0 Å². The van der Waals surface area contributed by atoms with Crippen LogP contribution in [0.4, 0.5) is 5.13 Å². The van der Waals surface area contributed by atoms with Gasteiger partial charge in [-0.15, -0.1) is 34.9 Å². The van der Waals surface area contributed by atoms with Crippen molar-refractivity contribution in [1.82, 2.24) is 30.6 Å². The Kier molecular flexibility index (Phi) is 12.4. The van der Waals surface area contributed by atoms with Crippen molar-refractivity contribution in [1.29, 1.82) is 0 Å². The van der Waals surface area contributed by atoms with E-state index < -0.39 is 69.2 Å². The quantitative estimate of drug-likeness (QED) is 0.105. The zero-order valence-electron chi connectivity index (χ0n) is 31.0. The number of hydrogen-bond donors (Lipinski definition) is 5. The van der Waals surface area contributed by atoms with Gasteiger partial charge >= 0.3 is 11.9 Å². The van der Waals surface area contributed by atoms with Gasteiger partial charge in [-0.25, -0.2) is 14.6 Å². The van der Waals surface area contributed by atoms with Gasteiger partial charge in [0.25, 0.3) is 17.7 Å². The molecule has 3 aromatic rings. The highest BCUT2D eigenvalue weighted by atomic mass is 35.5. The van der Waals surface area contributed by atoms with E-state index in [4.69, 9.17) is 43.0 Å². The molecule has 4 aliphatic rings. The summed E-state index contributed by atoms with van der Waals surface area (Å²) in [6.07, 6.45) is 0. The fourth-order valence-electron chi connectivity index (χ4n) is 6.76. The lowest BCUT2D eigenvalue weighted by molar-refractivity contribution is -0.159. The van der Waals surface area contributed by atoms with Crippen molar-refractivity contribution in [3.05, 3.63) is 61.9 Å². The Labute approximate surface area is 351 Å². The number of nitrogens with zero attached hydrogens (tertiary/aromatic N) is 5. The van der Waals surface area contributed by atoms with E-state index >= 15 is 0 Å². The molecule has 0 saturated carbocycles. The Morgan fingerprint density at radius 3 is 2.34 bits per heavy atom. The third-order valence-corrected chi connectivity index (χ3v) is 13.5. The van der Waals surface area contributed by atoms with Crippen LogP contribution in [-0.2, 0) is 33.5 Å². The van der Waals surface area contributed by atoms with E-state index in [1.165, 1.54) is 47.5 Å². The average Bonchev–Trinajstić information content (AvgIpc) is 3.84. The normalized spacial score (nSPS) is 23.2. The summed E-state index contributed by atoms with van der Waals surface area (Å²) in [4.78, 5) is 85.3. The number of carbonyl (C=O) groups excluding carboxylic acids is 4. The molecule has 24 heteroatoms. The number of carbonyl (C=O) groups is 6. The lowest BCUT2D eigenvalue weighted by Crippen LogP contribution is -2.71. The molecule has 4 aliphatic heterocycles. The van der Waals surface area contributed by atoms with Crippen molar-refractivity contribution >= 4 is 104 Å². The van der Waals surface area contributed by atoms with E-state index in [2.05, 4.69) is 25.9 Å². The maximum atomic E-state index is 13.1. The number of carboxylic acid groups (broad SMARTS) is 2. The van der Waals surface area contributed by atoms with Gasteiger partial charge in [-0.3, -0.25) is 24.1 Å². The Hall–Kier alpha value is -4.87. The summed E-state index contributed by atoms with van der Waals surface area (Å²) in [5.41, 5.74) is 6.73. The topological polar surface area (TPSA) is 269 Å². The van der Waals surface area contributed by atoms with Crippen molar-refractivity contribution in [2.45, 2.75) is 54.4 Å². The number of nitrogens with one attached hydrogen (secondary N) is 2. The summed E-state index contributed by atoms with van der Waals surface area (Å²) in [5, 5.41) is 33.3. The van der Waals surface area contributed by atoms with Crippen LogP contribution in [0, 0.1) is 6.92 Å². The molecular weight excluding hydrogens is 864 g/mol. The second-order valence-corrected chi connectivity index (χ2v) is 17.9. The molecule has 3 fully saturated rings. The number of aliphatic carboxylic acids is 2. The first-order valence-corrected chi connectivity index (χ1v) is 20.5. The van der Waals surface area contributed by atoms with Crippen LogP contribution in [0.25, 0.3) is 11.3 Å². The SMILES string of the molecule is COCC1=C(C(=O)O)N2C(=O)[C@@H](NC(=O)/C(=N\OC)c3csc(N)n3)[C@H]2SC1.Cc1onc(-c2c(Cl)cccc2Cl)c1C(=O)N[C@@H]1C(=O)N2C1SC(C)(C)C2C(=O)O. The highest BCUT2D eigenvalue weighted by molar-refractivity contribution is 8.01. The predicted molar refractivity (Wildman–Crippen MR) is 213 cm³/mol. The molecule has 6 heterocycles. The van der Waals surface area contributed by atoms with Crippen molar-refractivity contribution in [3.8, 4) is 11.3 Å². The van der Waals surface area contributed by atoms with Gasteiger partial charge in [-0.1, -0.05) is 39.6 Å². The number of thiazole rings is 1.